The number of aliphatic hydroxyl groups excluding tert-OH is 1. The predicted molar refractivity (Wildman–Crippen MR) is 54.1 cm³/mol. The van der Waals surface area contributed by atoms with Gasteiger partial charge in [-0.15, -0.1) is 0 Å². The van der Waals surface area contributed by atoms with E-state index in [1.807, 2.05) is 0 Å². The number of aliphatic hydroxyl groups is 2. The molecule has 82 valence electrons. The summed E-state index contributed by atoms with van der Waals surface area (Å²) in [6.07, 6.45) is 0.0445. The molecule has 1 aliphatic heterocycles. The number of sulfone groups is 1. The minimum atomic E-state index is -3.29. The Balaban J connectivity index is 2.69. The maximum Gasteiger partial charge on any atom is 0.178 e. The van der Waals surface area contributed by atoms with Crippen LogP contribution in [0.25, 0.3) is 0 Å². The maximum absolute atomic E-state index is 11.7. The monoisotopic (exact) mass is 228 g/mol. The van der Waals surface area contributed by atoms with E-state index in [2.05, 4.69) is 0 Å². The normalized spacial score (nSPS) is 28.4. The van der Waals surface area contributed by atoms with E-state index in [4.69, 9.17) is 5.11 Å². The Hall–Kier alpha value is -0.910. The zero-order chi connectivity index (χ0) is 11.1. The van der Waals surface area contributed by atoms with Crippen molar-refractivity contribution >= 4 is 9.84 Å². The Kier molecular flexibility index (Phi) is 2.33. The quantitative estimate of drug-likeness (QED) is 0.712. The molecule has 0 aliphatic carbocycles. The highest BCUT2D eigenvalue weighted by atomic mass is 32.2. The topological polar surface area (TPSA) is 74.6 Å². The van der Waals surface area contributed by atoms with Gasteiger partial charge in [-0.3, -0.25) is 0 Å². The summed E-state index contributed by atoms with van der Waals surface area (Å²) in [5, 5.41) is 19.2. The summed E-state index contributed by atoms with van der Waals surface area (Å²) < 4.78 is 23.4. The Morgan fingerprint density at radius 2 is 2.00 bits per heavy atom. The molecule has 0 amide bonds. The molecule has 0 spiro atoms. The smallest absolute Gasteiger partial charge is 0.178 e. The first-order valence-corrected chi connectivity index (χ1v) is 6.30. The molecule has 15 heavy (non-hydrogen) atoms. The van der Waals surface area contributed by atoms with Gasteiger partial charge in [0.2, 0.25) is 0 Å². The zero-order valence-corrected chi connectivity index (χ0v) is 8.87. The molecule has 1 heterocycles. The van der Waals surface area contributed by atoms with Crippen molar-refractivity contribution in [2.45, 2.75) is 16.9 Å². The minimum absolute atomic E-state index is 0.0445. The Labute approximate surface area is 88.1 Å². The molecule has 0 radical (unpaired) electrons. The lowest BCUT2D eigenvalue weighted by Gasteiger charge is -2.32. The lowest BCUT2D eigenvalue weighted by atomic mass is 9.91. The van der Waals surface area contributed by atoms with Gasteiger partial charge in [0.15, 0.2) is 9.84 Å². The third-order valence-corrected chi connectivity index (χ3v) is 4.54. The van der Waals surface area contributed by atoms with E-state index in [0.717, 1.165) is 0 Å². The molecule has 0 saturated heterocycles. The van der Waals surface area contributed by atoms with Gasteiger partial charge >= 0.3 is 0 Å². The van der Waals surface area contributed by atoms with Crippen LogP contribution in [0, 0.1) is 0 Å². The summed E-state index contributed by atoms with van der Waals surface area (Å²) in [4.78, 5) is 0.132. The molecule has 1 aromatic rings. The molecule has 1 aliphatic rings. The van der Waals surface area contributed by atoms with Gasteiger partial charge in [0.05, 0.1) is 17.3 Å². The number of rotatable bonds is 1. The lowest BCUT2D eigenvalue weighted by Crippen LogP contribution is -2.38. The van der Waals surface area contributed by atoms with E-state index >= 15 is 0 Å². The van der Waals surface area contributed by atoms with Crippen molar-refractivity contribution < 1.29 is 18.6 Å². The van der Waals surface area contributed by atoms with Gasteiger partial charge in [-0.1, -0.05) is 18.2 Å². The van der Waals surface area contributed by atoms with E-state index in [9.17, 15) is 13.5 Å². The second-order valence-corrected chi connectivity index (χ2v) is 5.83. The molecule has 1 unspecified atom stereocenters. The van der Waals surface area contributed by atoms with Crippen molar-refractivity contribution in [1.82, 2.24) is 0 Å². The first-order valence-electron chi connectivity index (χ1n) is 4.65. The molecular weight excluding hydrogens is 216 g/mol. The van der Waals surface area contributed by atoms with Crippen LogP contribution < -0.4 is 0 Å². The average molecular weight is 228 g/mol. The first-order chi connectivity index (χ1) is 6.99. The zero-order valence-electron chi connectivity index (χ0n) is 8.05. The van der Waals surface area contributed by atoms with Gasteiger partial charge in [-0.25, -0.2) is 8.42 Å². The highest BCUT2D eigenvalue weighted by molar-refractivity contribution is 7.91. The molecule has 2 N–H and O–H groups in total. The molecule has 0 saturated carbocycles. The second kappa shape index (κ2) is 3.30. The molecule has 2 rings (SSSR count). The Bertz CT molecular complexity index is 480. The molecule has 1 atom stereocenters. The fraction of sp³-hybridized carbons (Fsp3) is 0.400. The fourth-order valence-electron chi connectivity index (χ4n) is 1.83. The third-order valence-electron chi connectivity index (χ3n) is 2.77. The van der Waals surface area contributed by atoms with Gasteiger partial charge in [0.1, 0.15) is 5.60 Å². The molecule has 0 aromatic heterocycles. The average Bonchev–Trinajstić information content (AvgIpc) is 2.25. The summed E-state index contributed by atoms with van der Waals surface area (Å²) in [7, 11) is -3.29. The van der Waals surface area contributed by atoms with Crippen LogP contribution in [-0.4, -0.2) is 31.0 Å². The highest BCUT2D eigenvalue weighted by Crippen LogP contribution is 2.36. The third kappa shape index (κ3) is 1.56. The summed E-state index contributed by atoms with van der Waals surface area (Å²) in [6.45, 7) is -0.459. The molecule has 0 fully saturated rings. The SMILES string of the molecule is O=S1(=O)CCC(O)(CO)c2ccccc21. The van der Waals surface area contributed by atoms with Crippen molar-refractivity contribution in [2.75, 3.05) is 12.4 Å². The van der Waals surface area contributed by atoms with Crippen molar-refractivity contribution in [3.63, 3.8) is 0 Å². The Morgan fingerprint density at radius 3 is 2.67 bits per heavy atom. The molecular formula is C10H12O4S. The van der Waals surface area contributed by atoms with Crippen LogP contribution in [0.4, 0.5) is 0 Å². The van der Waals surface area contributed by atoms with Crippen molar-refractivity contribution in [1.29, 1.82) is 0 Å². The van der Waals surface area contributed by atoms with E-state index in [0.29, 0.717) is 5.56 Å². The van der Waals surface area contributed by atoms with Gasteiger partial charge in [0.25, 0.3) is 0 Å². The van der Waals surface area contributed by atoms with Crippen molar-refractivity contribution in [2.24, 2.45) is 0 Å². The number of fused-ring (bicyclic) bond motifs is 1. The van der Waals surface area contributed by atoms with Crippen LogP contribution in [-0.2, 0) is 15.4 Å². The van der Waals surface area contributed by atoms with Gasteiger partial charge in [-0.05, 0) is 12.5 Å². The van der Waals surface area contributed by atoms with Gasteiger partial charge in [-0.2, -0.15) is 0 Å². The maximum atomic E-state index is 11.7. The van der Waals surface area contributed by atoms with Crippen LogP contribution in [0.5, 0.6) is 0 Å². The van der Waals surface area contributed by atoms with E-state index in [1.165, 1.54) is 6.07 Å². The molecule has 4 nitrogen and oxygen atoms in total. The van der Waals surface area contributed by atoms with Crippen LogP contribution >= 0.6 is 0 Å². The highest BCUT2D eigenvalue weighted by Gasteiger charge is 2.39. The van der Waals surface area contributed by atoms with Gasteiger partial charge in [0, 0.05) is 5.56 Å². The van der Waals surface area contributed by atoms with Crippen LogP contribution in [0.1, 0.15) is 12.0 Å². The van der Waals surface area contributed by atoms with Gasteiger partial charge < -0.3 is 10.2 Å². The summed E-state index contributed by atoms with van der Waals surface area (Å²) in [6, 6.07) is 6.27. The number of benzene rings is 1. The van der Waals surface area contributed by atoms with E-state index < -0.39 is 22.0 Å². The van der Waals surface area contributed by atoms with Crippen LogP contribution in [0.2, 0.25) is 0 Å². The largest absolute Gasteiger partial charge is 0.393 e. The number of hydrogen-bond donors (Lipinski definition) is 2. The summed E-state index contributed by atoms with van der Waals surface area (Å²) in [5.41, 5.74) is -1.11. The fourth-order valence-corrected chi connectivity index (χ4v) is 3.54. The van der Waals surface area contributed by atoms with Crippen molar-refractivity contribution in [3.8, 4) is 0 Å². The molecule has 5 heteroatoms. The molecule has 0 bridgehead atoms. The standard InChI is InChI=1S/C10H12O4S/c11-7-10(12)5-6-15(13,14)9-4-2-1-3-8(9)10/h1-4,11-12H,5-7H2. The summed E-state index contributed by atoms with van der Waals surface area (Å²) in [5.74, 6) is -0.124. The van der Waals surface area contributed by atoms with Crippen LogP contribution in [0.15, 0.2) is 29.2 Å². The van der Waals surface area contributed by atoms with E-state index in [1.54, 1.807) is 18.2 Å². The second-order valence-electron chi connectivity index (χ2n) is 3.75. The Morgan fingerprint density at radius 1 is 1.33 bits per heavy atom. The van der Waals surface area contributed by atoms with Crippen molar-refractivity contribution in [3.05, 3.63) is 29.8 Å². The predicted octanol–water partition coefficient (Wildman–Crippen LogP) is 0.0439. The van der Waals surface area contributed by atoms with E-state index in [-0.39, 0.29) is 17.1 Å². The molecule has 1 aromatic carbocycles. The lowest BCUT2D eigenvalue weighted by molar-refractivity contribution is -0.0256. The summed E-state index contributed by atoms with van der Waals surface area (Å²) >= 11 is 0. The number of hydrogen-bond acceptors (Lipinski definition) is 4. The van der Waals surface area contributed by atoms with Crippen LogP contribution in [0.3, 0.4) is 0 Å². The minimum Gasteiger partial charge on any atom is -0.393 e. The first kappa shape index (κ1) is 10.6.